The molecular weight excluding hydrogens is 344 g/mol. The lowest BCUT2D eigenvalue weighted by Gasteiger charge is -2.39. The Morgan fingerprint density at radius 3 is 2.43 bits per heavy atom. The third kappa shape index (κ3) is 5.15. The first-order valence-corrected chi connectivity index (χ1v) is 10.9. The van der Waals surface area contributed by atoms with E-state index in [1.807, 2.05) is 18.2 Å². The number of hydrogen-bond donors (Lipinski definition) is 1. The standard InChI is InChI=1S/C25H34N2O/c1-3-4-5-6-7-11-18-25(28)27(21-14-9-8-10-15-21)24-19-20(2)26-23-17-13-12-16-22(23)24/h8-10,12-17,20,24,26H,3-7,11,18-19H2,1-2H3. The number of rotatable bonds is 9. The molecule has 1 aliphatic heterocycles. The molecule has 0 bridgehead atoms. The lowest BCUT2D eigenvalue weighted by atomic mass is 9.91. The number of hydrogen-bond acceptors (Lipinski definition) is 2. The molecule has 2 aromatic rings. The van der Waals surface area contributed by atoms with Crippen LogP contribution in [0, 0.1) is 0 Å². The maximum atomic E-state index is 13.4. The second-order valence-electron chi connectivity index (χ2n) is 8.00. The summed E-state index contributed by atoms with van der Waals surface area (Å²) in [5, 5.41) is 3.57. The Morgan fingerprint density at radius 2 is 1.64 bits per heavy atom. The van der Waals surface area contributed by atoms with Crippen LogP contribution >= 0.6 is 0 Å². The lowest BCUT2D eigenvalue weighted by Crippen LogP contribution is -2.40. The summed E-state index contributed by atoms with van der Waals surface area (Å²) in [5.41, 5.74) is 3.38. The molecule has 1 N–H and O–H groups in total. The number of nitrogens with one attached hydrogen (secondary N) is 1. The number of carbonyl (C=O) groups is 1. The molecule has 1 aliphatic rings. The highest BCUT2D eigenvalue weighted by Crippen LogP contribution is 2.39. The van der Waals surface area contributed by atoms with Crippen molar-refractivity contribution in [2.75, 3.05) is 10.2 Å². The average molecular weight is 379 g/mol. The maximum Gasteiger partial charge on any atom is 0.227 e. The molecule has 0 aromatic heterocycles. The van der Waals surface area contributed by atoms with E-state index in [4.69, 9.17) is 0 Å². The van der Waals surface area contributed by atoms with Gasteiger partial charge in [-0.3, -0.25) is 4.79 Å². The fraction of sp³-hybridized carbons (Fsp3) is 0.480. The number of amides is 1. The first-order valence-electron chi connectivity index (χ1n) is 10.9. The summed E-state index contributed by atoms with van der Waals surface area (Å²) < 4.78 is 0. The number of fused-ring (bicyclic) bond motifs is 1. The van der Waals surface area contributed by atoms with Crippen molar-refractivity contribution in [3.8, 4) is 0 Å². The van der Waals surface area contributed by atoms with E-state index in [0.717, 1.165) is 30.6 Å². The van der Waals surface area contributed by atoms with Crippen LogP contribution in [0.4, 0.5) is 11.4 Å². The minimum Gasteiger partial charge on any atom is -0.382 e. The summed E-state index contributed by atoms with van der Waals surface area (Å²) in [7, 11) is 0. The minimum absolute atomic E-state index is 0.0856. The Kier molecular flexibility index (Phi) is 7.53. The van der Waals surface area contributed by atoms with Gasteiger partial charge in [-0.05, 0) is 43.5 Å². The summed E-state index contributed by atoms with van der Waals surface area (Å²) >= 11 is 0. The molecule has 2 aromatic carbocycles. The van der Waals surface area contributed by atoms with Crippen LogP contribution in [0.5, 0.6) is 0 Å². The molecule has 3 nitrogen and oxygen atoms in total. The Bertz CT molecular complexity index is 743. The van der Waals surface area contributed by atoms with Crippen LogP contribution in [0.2, 0.25) is 0 Å². The number of anilines is 2. The Hall–Kier alpha value is -2.29. The van der Waals surface area contributed by atoms with E-state index in [9.17, 15) is 4.79 Å². The van der Waals surface area contributed by atoms with Crippen molar-refractivity contribution in [1.82, 2.24) is 0 Å². The van der Waals surface area contributed by atoms with Gasteiger partial charge in [-0.15, -0.1) is 0 Å². The summed E-state index contributed by atoms with van der Waals surface area (Å²) in [6.45, 7) is 4.43. The summed E-state index contributed by atoms with van der Waals surface area (Å²) in [6, 6.07) is 19.0. The molecular formula is C25H34N2O. The fourth-order valence-corrected chi connectivity index (χ4v) is 4.21. The Balaban J connectivity index is 1.78. The van der Waals surface area contributed by atoms with Crippen molar-refractivity contribution in [3.05, 3.63) is 60.2 Å². The van der Waals surface area contributed by atoms with Crippen molar-refractivity contribution >= 4 is 17.3 Å². The van der Waals surface area contributed by atoms with E-state index in [0.29, 0.717) is 12.5 Å². The van der Waals surface area contributed by atoms with Crippen LogP contribution < -0.4 is 10.2 Å². The lowest BCUT2D eigenvalue weighted by molar-refractivity contribution is -0.119. The van der Waals surface area contributed by atoms with Crippen LogP contribution in [0.3, 0.4) is 0 Å². The zero-order valence-electron chi connectivity index (χ0n) is 17.4. The van der Waals surface area contributed by atoms with Gasteiger partial charge in [0.25, 0.3) is 0 Å². The van der Waals surface area contributed by atoms with Crippen molar-refractivity contribution < 1.29 is 4.79 Å². The molecule has 1 heterocycles. The third-order valence-corrected chi connectivity index (χ3v) is 5.66. The molecule has 28 heavy (non-hydrogen) atoms. The number of nitrogens with zero attached hydrogens (tertiary/aromatic N) is 1. The first-order chi connectivity index (χ1) is 13.7. The van der Waals surface area contributed by atoms with Gasteiger partial charge in [-0.2, -0.15) is 0 Å². The van der Waals surface area contributed by atoms with E-state index >= 15 is 0 Å². The van der Waals surface area contributed by atoms with Gasteiger partial charge in [0.1, 0.15) is 0 Å². The van der Waals surface area contributed by atoms with Crippen LogP contribution in [0.15, 0.2) is 54.6 Å². The van der Waals surface area contributed by atoms with Crippen LogP contribution in [-0.4, -0.2) is 11.9 Å². The number of benzene rings is 2. The average Bonchev–Trinajstić information content (AvgIpc) is 2.71. The van der Waals surface area contributed by atoms with Gasteiger partial charge >= 0.3 is 0 Å². The first kappa shape index (κ1) is 20.4. The minimum atomic E-state index is 0.0856. The van der Waals surface area contributed by atoms with Crippen molar-refractivity contribution in [2.45, 2.75) is 77.3 Å². The van der Waals surface area contributed by atoms with Crippen LogP contribution in [0.1, 0.15) is 76.8 Å². The second-order valence-corrected chi connectivity index (χ2v) is 8.00. The van der Waals surface area contributed by atoms with Gasteiger partial charge in [0, 0.05) is 23.8 Å². The highest BCUT2D eigenvalue weighted by molar-refractivity contribution is 5.94. The molecule has 2 unspecified atom stereocenters. The molecule has 0 fully saturated rings. The predicted molar refractivity (Wildman–Crippen MR) is 119 cm³/mol. The van der Waals surface area contributed by atoms with Gasteiger partial charge in [0.05, 0.1) is 6.04 Å². The summed E-state index contributed by atoms with van der Waals surface area (Å²) in [6.07, 6.45) is 8.76. The predicted octanol–water partition coefficient (Wildman–Crippen LogP) is 6.72. The fourth-order valence-electron chi connectivity index (χ4n) is 4.21. The molecule has 3 rings (SSSR count). The van der Waals surface area contributed by atoms with Gasteiger partial charge in [0.2, 0.25) is 5.91 Å². The number of para-hydroxylation sites is 2. The maximum absolute atomic E-state index is 13.4. The molecule has 0 saturated heterocycles. The third-order valence-electron chi connectivity index (χ3n) is 5.66. The largest absolute Gasteiger partial charge is 0.382 e. The van der Waals surface area contributed by atoms with Crippen molar-refractivity contribution in [3.63, 3.8) is 0 Å². The SMILES string of the molecule is CCCCCCCCC(=O)N(c1ccccc1)C1CC(C)Nc2ccccc21. The smallest absolute Gasteiger partial charge is 0.227 e. The zero-order chi connectivity index (χ0) is 19.8. The molecule has 0 saturated carbocycles. The monoisotopic (exact) mass is 378 g/mol. The highest BCUT2D eigenvalue weighted by atomic mass is 16.2. The molecule has 0 radical (unpaired) electrons. The van der Waals surface area contributed by atoms with Gasteiger partial charge in [-0.25, -0.2) is 0 Å². The van der Waals surface area contributed by atoms with E-state index < -0.39 is 0 Å². The molecule has 0 aliphatic carbocycles. The van der Waals surface area contributed by atoms with E-state index in [2.05, 4.69) is 60.5 Å². The zero-order valence-corrected chi connectivity index (χ0v) is 17.4. The van der Waals surface area contributed by atoms with Crippen LogP contribution in [-0.2, 0) is 4.79 Å². The number of carbonyl (C=O) groups excluding carboxylic acids is 1. The quantitative estimate of drug-likeness (QED) is 0.491. The Morgan fingerprint density at radius 1 is 0.964 bits per heavy atom. The van der Waals surface area contributed by atoms with E-state index in [1.54, 1.807) is 0 Å². The number of unbranched alkanes of at least 4 members (excludes halogenated alkanes) is 5. The van der Waals surface area contributed by atoms with Gasteiger partial charge in [-0.1, -0.05) is 75.4 Å². The molecule has 2 atom stereocenters. The summed E-state index contributed by atoms with van der Waals surface area (Å²) in [5.74, 6) is 0.246. The van der Waals surface area contributed by atoms with Gasteiger partial charge < -0.3 is 10.2 Å². The van der Waals surface area contributed by atoms with E-state index in [-0.39, 0.29) is 11.9 Å². The topological polar surface area (TPSA) is 32.3 Å². The Labute approximate surface area is 170 Å². The van der Waals surface area contributed by atoms with Crippen molar-refractivity contribution in [2.24, 2.45) is 0 Å². The highest BCUT2D eigenvalue weighted by Gasteiger charge is 2.32. The van der Waals surface area contributed by atoms with Crippen LogP contribution in [0.25, 0.3) is 0 Å². The molecule has 3 heteroatoms. The van der Waals surface area contributed by atoms with Gasteiger partial charge in [0.15, 0.2) is 0 Å². The van der Waals surface area contributed by atoms with E-state index in [1.165, 1.54) is 31.2 Å². The molecule has 0 spiro atoms. The normalized spacial score (nSPS) is 18.2. The van der Waals surface area contributed by atoms with Crippen molar-refractivity contribution in [1.29, 1.82) is 0 Å². The molecule has 1 amide bonds. The second kappa shape index (κ2) is 10.3. The molecule has 150 valence electrons. The summed E-state index contributed by atoms with van der Waals surface area (Å²) in [4.78, 5) is 15.4.